The summed E-state index contributed by atoms with van der Waals surface area (Å²) in [5.74, 6) is -0.168. The number of benzene rings is 1. The SMILES string of the molecule is CCc1ccccc1-c1n[nH]c(=O)o1. The van der Waals surface area contributed by atoms with Gasteiger partial charge in [-0.05, 0) is 18.1 Å². The Morgan fingerprint density at radius 2 is 2.21 bits per heavy atom. The van der Waals surface area contributed by atoms with Gasteiger partial charge in [0.15, 0.2) is 0 Å². The molecule has 0 spiro atoms. The van der Waals surface area contributed by atoms with E-state index in [4.69, 9.17) is 4.42 Å². The first-order valence-electron chi connectivity index (χ1n) is 4.45. The molecule has 0 aliphatic heterocycles. The van der Waals surface area contributed by atoms with Crippen LogP contribution in [0.2, 0.25) is 0 Å². The van der Waals surface area contributed by atoms with E-state index in [9.17, 15) is 4.79 Å². The molecule has 72 valence electrons. The van der Waals surface area contributed by atoms with Gasteiger partial charge in [-0.1, -0.05) is 25.1 Å². The molecule has 2 rings (SSSR count). The van der Waals surface area contributed by atoms with Crippen molar-refractivity contribution in [1.29, 1.82) is 0 Å². The van der Waals surface area contributed by atoms with Gasteiger partial charge in [0, 0.05) is 5.56 Å². The quantitative estimate of drug-likeness (QED) is 0.782. The molecule has 4 nitrogen and oxygen atoms in total. The third-order valence-corrected chi connectivity index (χ3v) is 2.07. The number of nitrogens with one attached hydrogen (secondary N) is 1. The maximum absolute atomic E-state index is 10.8. The third kappa shape index (κ3) is 1.46. The molecule has 0 fully saturated rings. The maximum Gasteiger partial charge on any atom is 0.434 e. The number of nitrogens with zero attached hydrogens (tertiary/aromatic N) is 1. The molecule has 0 saturated carbocycles. The van der Waals surface area contributed by atoms with Crippen LogP contribution in [0.1, 0.15) is 12.5 Å². The van der Waals surface area contributed by atoms with Crippen LogP contribution in [-0.2, 0) is 6.42 Å². The van der Waals surface area contributed by atoms with Crippen molar-refractivity contribution in [2.24, 2.45) is 0 Å². The number of hydrogen-bond acceptors (Lipinski definition) is 3. The highest BCUT2D eigenvalue weighted by Crippen LogP contribution is 2.20. The summed E-state index contributed by atoms with van der Waals surface area (Å²) in [5, 5.41) is 6.04. The summed E-state index contributed by atoms with van der Waals surface area (Å²) in [6.07, 6.45) is 0.882. The van der Waals surface area contributed by atoms with Gasteiger partial charge in [-0.15, -0.1) is 5.10 Å². The second-order valence-corrected chi connectivity index (χ2v) is 2.93. The number of aryl methyl sites for hydroxylation is 1. The summed E-state index contributed by atoms with van der Waals surface area (Å²) in [5.41, 5.74) is 1.98. The normalized spacial score (nSPS) is 10.4. The Morgan fingerprint density at radius 3 is 2.86 bits per heavy atom. The fourth-order valence-corrected chi connectivity index (χ4v) is 1.38. The number of rotatable bonds is 2. The van der Waals surface area contributed by atoms with Gasteiger partial charge in [0.05, 0.1) is 0 Å². The molecule has 0 unspecified atom stereocenters. The first-order chi connectivity index (χ1) is 6.81. The van der Waals surface area contributed by atoms with Crippen LogP contribution in [0, 0.1) is 0 Å². The monoisotopic (exact) mass is 190 g/mol. The Morgan fingerprint density at radius 1 is 1.43 bits per heavy atom. The molecule has 1 aromatic carbocycles. The van der Waals surface area contributed by atoms with Crippen molar-refractivity contribution in [3.8, 4) is 11.5 Å². The predicted octanol–water partition coefficient (Wildman–Crippen LogP) is 1.59. The fourth-order valence-electron chi connectivity index (χ4n) is 1.38. The largest absolute Gasteiger partial charge is 0.434 e. The summed E-state index contributed by atoms with van der Waals surface area (Å²) in [4.78, 5) is 10.8. The summed E-state index contributed by atoms with van der Waals surface area (Å²) in [6, 6.07) is 7.72. The van der Waals surface area contributed by atoms with E-state index in [1.807, 2.05) is 31.2 Å². The number of H-pyrrole nitrogens is 1. The number of aromatic nitrogens is 2. The Hall–Kier alpha value is -1.84. The Balaban J connectivity index is 2.55. The molecule has 0 aliphatic rings. The van der Waals surface area contributed by atoms with Crippen LogP contribution < -0.4 is 5.76 Å². The van der Waals surface area contributed by atoms with Gasteiger partial charge >= 0.3 is 5.76 Å². The highest BCUT2D eigenvalue weighted by Gasteiger charge is 2.08. The highest BCUT2D eigenvalue weighted by molar-refractivity contribution is 5.57. The van der Waals surface area contributed by atoms with Gasteiger partial charge < -0.3 is 4.42 Å². The van der Waals surface area contributed by atoms with Crippen LogP contribution in [-0.4, -0.2) is 10.2 Å². The lowest BCUT2D eigenvalue weighted by Gasteiger charge is -2.01. The van der Waals surface area contributed by atoms with Crippen molar-refractivity contribution in [2.75, 3.05) is 0 Å². The first-order valence-corrected chi connectivity index (χ1v) is 4.45. The van der Waals surface area contributed by atoms with E-state index in [-0.39, 0.29) is 0 Å². The zero-order chi connectivity index (χ0) is 9.97. The molecule has 1 N–H and O–H groups in total. The van der Waals surface area contributed by atoms with Crippen molar-refractivity contribution in [2.45, 2.75) is 13.3 Å². The van der Waals surface area contributed by atoms with E-state index < -0.39 is 5.76 Å². The van der Waals surface area contributed by atoms with Gasteiger partial charge in [0.25, 0.3) is 0 Å². The highest BCUT2D eigenvalue weighted by atomic mass is 16.4. The number of aromatic amines is 1. The molecule has 1 heterocycles. The molecule has 2 aromatic rings. The van der Waals surface area contributed by atoms with Crippen LogP contribution in [0.5, 0.6) is 0 Å². The maximum atomic E-state index is 10.8. The van der Waals surface area contributed by atoms with Gasteiger partial charge in [0.2, 0.25) is 5.89 Å². The van der Waals surface area contributed by atoms with Gasteiger partial charge in [0.1, 0.15) is 0 Å². The average molecular weight is 190 g/mol. The standard InChI is InChI=1S/C10H10N2O2/c1-2-7-5-3-4-6-8(7)9-11-12-10(13)14-9/h3-6H,2H2,1H3,(H,12,13). The molecule has 0 atom stereocenters. The lowest BCUT2D eigenvalue weighted by molar-refractivity contribution is 0.526. The molecule has 0 bridgehead atoms. The van der Waals surface area contributed by atoms with Crippen LogP contribution in [0.15, 0.2) is 33.5 Å². The topological polar surface area (TPSA) is 58.9 Å². The molecule has 0 saturated heterocycles. The summed E-state index contributed by atoms with van der Waals surface area (Å²) < 4.78 is 4.89. The minimum Gasteiger partial charge on any atom is -0.388 e. The minimum atomic E-state index is -0.522. The number of hydrogen-bond donors (Lipinski definition) is 1. The second-order valence-electron chi connectivity index (χ2n) is 2.93. The van der Waals surface area contributed by atoms with Crippen LogP contribution in [0.4, 0.5) is 0 Å². The summed E-state index contributed by atoms with van der Waals surface area (Å²) in [7, 11) is 0. The van der Waals surface area contributed by atoms with Gasteiger partial charge in [-0.25, -0.2) is 9.89 Å². The fraction of sp³-hybridized carbons (Fsp3) is 0.200. The summed E-state index contributed by atoms with van der Waals surface area (Å²) >= 11 is 0. The predicted molar refractivity (Wildman–Crippen MR) is 51.9 cm³/mol. The Kier molecular flexibility index (Phi) is 2.18. The van der Waals surface area contributed by atoms with Crippen molar-refractivity contribution >= 4 is 0 Å². The molecular formula is C10H10N2O2. The second kappa shape index (κ2) is 3.49. The summed E-state index contributed by atoms with van der Waals surface area (Å²) in [6.45, 7) is 2.05. The minimum absolute atomic E-state index is 0.354. The van der Waals surface area contributed by atoms with E-state index >= 15 is 0 Å². The molecule has 0 aliphatic carbocycles. The lowest BCUT2D eigenvalue weighted by Crippen LogP contribution is -1.93. The van der Waals surface area contributed by atoms with E-state index in [1.165, 1.54) is 0 Å². The smallest absolute Gasteiger partial charge is 0.388 e. The van der Waals surface area contributed by atoms with Crippen molar-refractivity contribution in [3.05, 3.63) is 40.4 Å². The lowest BCUT2D eigenvalue weighted by atomic mass is 10.1. The first kappa shape index (κ1) is 8.74. The van der Waals surface area contributed by atoms with E-state index in [2.05, 4.69) is 10.2 Å². The van der Waals surface area contributed by atoms with Crippen molar-refractivity contribution in [3.63, 3.8) is 0 Å². The molecular weight excluding hydrogens is 180 g/mol. The van der Waals surface area contributed by atoms with Gasteiger partial charge in [-0.3, -0.25) is 0 Å². The molecule has 0 radical (unpaired) electrons. The van der Waals surface area contributed by atoms with Crippen LogP contribution in [0.25, 0.3) is 11.5 Å². The van der Waals surface area contributed by atoms with E-state index in [1.54, 1.807) is 0 Å². The van der Waals surface area contributed by atoms with Crippen molar-refractivity contribution in [1.82, 2.24) is 10.2 Å². The molecule has 1 aromatic heterocycles. The average Bonchev–Trinajstić information content (AvgIpc) is 2.65. The third-order valence-electron chi connectivity index (χ3n) is 2.07. The van der Waals surface area contributed by atoms with Gasteiger partial charge in [-0.2, -0.15) is 0 Å². The Labute approximate surface area is 80.6 Å². The Bertz CT molecular complexity index is 485. The molecule has 14 heavy (non-hydrogen) atoms. The zero-order valence-electron chi connectivity index (χ0n) is 7.78. The zero-order valence-corrected chi connectivity index (χ0v) is 7.78. The molecule has 4 heteroatoms. The van der Waals surface area contributed by atoms with Crippen molar-refractivity contribution < 1.29 is 4.42 Å². The van der Waals surface area contributed by atoms with E-state index in [0.717, 1.165) is 17.5 Å². The molecule has 0 amide bonds. The van der Waals surface area contributed by atoms with Crippen LogP contribution >= 0.6 is 0 Å². The van der Waals surface area contributed by atoms with E-state index in [0.29, 0.717) is 5.89 Å². The van der Waals surface area contributed by atoms with Crippen LogP contribution in [0.3, 0.4) is 0 Å².